The van der Waals surface area contributed by atoms with Gasteiger partial charge in [0.05, 0.1) is 16.9 Å². The van der Waals surface area contributed by atoms with Gasteiger partial charge < -0.3 is 15.4 Å². The number of carbonyl (C=O) groups excluding carboxylic acids is 2. The molecule has 28 heavy (non-hydrogen) atoms. The van der Waals surface area contributed by atoms with E-state index in [-0.39, 0.29) is 41.9 Å². The zero-order chi connectivity index (χ0) is 19.9. The first-order chi connectivity index (χ1) is 13.3. The number of alkyl halides is 2. The molecule has 8 heteroatoms. The summed E-state index contributed by atoms with van der Waals surface area (Å²) in [6, 6.07) is 0. The van der Waals surface area contributed by atoms with E-state index in [0.29, 0.717) is 24.0 Å². The quantitative estimate of drug-likeness (QED) is 0.607. The number of carbonyl (C=O) groups is 2. The average Bonchev–Trinajstić information content (AvgIpc) is 3.00. The molecule has 5 fully saturated rings. The van der Waals surface area contributed by atoms with Crippen LogP contribution in [0.15, 0.2) is 0 Å². The Morgan fingerprint density at radius 2 is 2.00 bits per heavy atom. The van der Waals surface area contributed by atoms with Crippen LogP contribution in [0.2, 0.25) is 0 Å². The Hall–Kier alpha value is -0.530. The summed E-state index contributed by atoms with van der Waals surface area (Å²) in [5, 5.41) is 6.26. The maximum Gasteiger partial charge on any atom is 0.246 e. The van der Waals surface area contributed by atoms with Crippen LogP contribution in [0.4, 0.5) is 4.39 Å². The van der Waals surface area contributed by atoms with Crippen molar-refractivity contribution in [2.75, 3.05) is 18.9 Å². The molecular formula is C20H30ClFN2O3S. The number of ether oxygens (including phenoxy) is 1. The second kappa shape index (κ2) is 7.95. The number of hydrogen-bond acceptors (Lipinski definition) is 4. The summed E-state index contributed by atoms with van der Waals surface area (Å²) < 4.78 is 19.2. The Balaban J connectivity index is 1.14. The van der Waals surface area contributed by atoms with Crippen molar-refractivity contribution < 1.29 is 18.7 Å². The molecule has 5 rings (SSSR count). The van der Waals surface area contributed by atoms with E-state index in [0.717, 1.165) is 25.8 Å². The molecule has 4 saturated carbocycles. The van der Waals surface area contributed by atoms with Crippen LogP contribution in [-0.2, 0) is 14.3 Å². The van der Waals surface area contributed by atoms with Crippen molar-refractivity contribution in [3.63, 3.8) is 0 Å². The van der Waals surface area contributed by atoms with E-state index in [1.165, 1.54) is 12.2 Å². The summed E-state index contributed by atoms with van der Waals surface area (Å²) in [5.74, 6) is 1.82. The first-order valence-electron chi connectivity index (χ1n) is 10.4. The number of halogens is 2. The molecule has 5 atom stereocenters. The van der Waals surface area contributed by atoms with E-state index in [9.17, 15) is 14.0 Å². The van der Waals surface area contributed by atoms with Gasteiger partial charge in [-0.3, -0.25) is 9.59 Å². The van der Waals surface area contributed by atoms with Crippen LogP contribution >= 0.6 is 23.4 Å². The van der Waals surface area contributed by atoms with Crippen LogP contribution in [0.25, 0.3) is 0 Å². The zero-order valence-electron chi connectivity index (χ0n) is 16.3. The fraction of sp³-hybridized carbons (Fsp3) is 0.900. The van der Waals surface area contributed by atoms with Gasteiger partial charge >= 0.3 is 0 Å². The second-order valence-electron chi connectivity index (χ2n) is 9.30. The Bertz CT molecular complexity index is 617. The molecule has 0 aromatic carbocycles. The van der Waals surface area contributed by atoms with Crippen LogP contribution in [-0.4, -0.2) is 59.2 Å². The third-order valence-electron chi connectivity index (χ3n) is 7.02. The molecule has 0 aromatic heterocycles. The topological polar surface area (TPSA) is 67.4 Å². The summed E-state index contributed by atoms with van der Waals surface area (Å²) in [4.78, 5) is 24.8. The maximum atomic E-state index is 13.6. The summed E-state index contributed by atoms with van der Waals surface area (Å²) in [7, 11) is 0. The van der Waals surface area contributed by atoms with Gasteiger partial charge in [-0.1, -0.05) is 6.92 Å². The normalized spacial score (nSPS) is 44.3. The highest BCUT2D eigenvalue weighted by atomic mass is 35.5. The summed E-state index contributed by atoms with van der Waals surface area (Å²) in [5.41, 5.74) is -0.509. The summed E-state index contributed by atoms with van der Waals surface area (Å²) >= 11 is 7.83. The SMILES string of the molecule is CC1CCSC1CNC(=O)C12CC(NC(=O)COC3CCC(Cl)C(F)C3)(C1)C2. The van der Waals surface area contributed by atoms with Crippen molar-refractivity contribution in [1.29, 1.82) is 0 Å². The number of thioether (sulfide) groups is 1. The van der Waals surface area contributed by atoms with Gasteiger partial charge in [-0.15, -0.1) is 11.6 Å². The smallest absolute Gasteiger partial charge is 0.246 e. The van der Waals surface area contributed by atoms with Gasteiger partial charge in [-0.25, -0.2) is 4.39 Å². The standard InChI is InChI=1S/C20H30ClFN2O3S/c1-12-4-5-28-16(12)7-23-18(26)19-9-20(10-19,11-19)24-17(25)8-27-13-2-3-14(21)15(22)6-13/h12-16H,2-11H2,1H3,(H,23,26)(H,24,25). The second-order valence-corrected chi connectivity index (χ2v) is 11.2. The molecule has 2 bridgehead atoms. The van der Waals surface area contributed by atoms with Gasteiger partial charge in [0, 0.05) is 23.8 Å². The summed E-state index contributed by atoms with van der Waals surface area (Å²) in [6.07, 6.45) is 3.60. The molecule has 1 aliphatic heterocycles. The van der Waals surface area contributed by atoms with Crippen molar-refractivity contribution >= 4 is 35.2 Å². The lowest BCUT2D eigenvalue weighted by Gasteiger charge is -2.69. The largest absolute Gasteiger partial charge is 0.368 e. The maximum absolute atomic E-state index is 13.6. The molecule has 0 radical (unpaired) electrons. The highest BCUT2D eigenvalue weighted by Gasteiger charge is 2.72. The van der Waals surface area contributed by atoms with Crippen LogP contribution in [0.5, 0.6) is 0 Å². The van der Waals surface area contributed by atoms with Gasteiger partial charge in [0.2, 0.25) is 11.8 Å². The first-order valence-corrected chi connectivity index (χ1v) is 11.9. The molecule has 5 nitrogen and oxygen atoms in total. The first kappa shape index (κ1) is 20.7. The monoisotopic (exact) mass is 432 g/mol. The number of amides is 2. The van der Waals surface area contributed by atoms with Crippen molar-refractivity contribution in [1.82, 2.24) is 10.6 Å². The van der Waals surface area contributed by atoms with Gasteiger partial charge in [-0.05, 0) is 50.2 Å². The van der Waals surface area contributed by atoms with Crippen LogP contribution < -0.4 is 10.6 Å². The van der Waals surface area contributed by atoms with E-state index < -0.39 is 11.5 Å². The molecule has 1 saturated heterocycles. The molecule has 0 spiro atoms. The van der Waals surface area contributed by atoms with Gasteiger partial charge in [-0.2, -0.15) is 11.8 Å². The number of nitrogens with one attached hydrogen (secondary N) is 2. The lowest BCUT2D eigenvalue weighted by Crippen LogP contribution is -2.78. The van der Waals surface area contributed by atoms with E-state index in [4.69, 9.17) is 16.3 Å². The van der Waals surface area contributed by atoms with Crippen molar-refractivity contribution in [3.05, 3.63) is 0 Å². The molecule has 2 amide bonds. The average molecular weight is 433 g/mol. The predicted octanol–water partition coefficient (Wildman–Crippen LogP) is 2.80. The fourth-order valence-corrected chi connectivity index (χ4v) is 6.98. The number of hydrogen-bond donors (Lipinski definition) is 2. The van der Waals surface area contributed by atoms with Crippen molar-refractivity contribution in [2.24, 2.45) is 11.3 Å². The Labute approximate surface area is 175 Å². The molecule has 5 aliphatic rings. The highest BCUT2D eigenvalue weighted by Crippen LogP contribution is 2.67. The van der Waals surface area contributed by atoms with Crippen molar-refractivity contribution in [3.8, 4) is 0 Å². The number of rotatable bonds is 7. The van der Waals surface area contributed by atoms with Crippen LogP contribution in [0.3, 0.4) is 0 Å². The van der Waals surface area contributed by atoms with Gasteiger partial charge in [0.15, 0.2) is 0 Å². The Morgan fingerprint density at radius 3 is 2.64 bits per heavy atom. The molecule has 4 aliphatic carbocycles. The third kappa shape index (κ3) is 4.04. The van der Waals surface area contributed by atoms with Gasteiger partial charge in [0.25, 0.3) is 0 Å². The zero-order valence-corrected chi connectivity index (χ0v) is 17.9. The lowest BCUT2D eigenvalue weighted by atomic mass is 9.39. The van der Waals surface area contributed by atoms with Crippen LogP contribution in [0, 0.1) is 11.3 Å². The molecule has 0 aromatic rings. The minimum atomic E-state index is -1.06. The fourth-order valence-electron chi connectivity index (χ4n) is 5.28. The molecule has 2 N–H and O–H groups in total. The minimum absolute atomic E-state index is 0.0535. The van der Waals surface area contributed by atoms with E-state index >= 15 is 0 Å². The third-order valence-corrected chi connectivity index (χ3v) is 9.04. The van der Waals surface area contributed by atoms with E-state index in [1.807, 2.05) is 11.8 Å². The van der Waals surface area contributed by atoms with E-state index in [2.05, 4.69) is 17.6 Å². The molecule has 5 unspecified atom stereocenters. The molecule has 158 valence electrons. The Morgan fingerprint density at radius 1 is 1.25 bits per heavy atom. The highest BCUT2D eigenvalue weighted by molar-refractivity contribution is 8.00. The molecule has 1 heterocycles. The Kier molecular flexibility index (Phi) is 5.89. The lowest BCUT2D eigenvalue weighted by molar-refractivity contribution is -0.184. The molecular weight excluding hydrogens is 403 g/mol. The summed E-state index contributed by atoms with van der Waals surface area (Å²) in [6.45, 7) is 2.95. The minimum Gasteiger partial charge on any atom is -0.368 e. The van der Waals surface area contributed by atoms with E-state index in [1.54, 1.807) is 0 Å². The predicted molar refractivity (Wildman–Crippen MR) is 108 cm³/mol. The van der Waals surface area contributed by atoms with Crippen molar-refractivity contribution in [2.45, 2.75) is 80.3 Å². The van der Waals surface area contributed by atoms with Crippen LogP contribution in [0.1, 0.15) is 51.9 Å². The van der Waals surface area contributed by atoms with Gasteiger partial charge in [0.1, 0.15) is 12.8 Å².